The van der Waals surface area contributed by atoms with Gasteiger partial charge in [-0.3, -0.25) is 0 Å². The average molecular weight is 261 g/mol. The van der Waals surface area contributed by atoms with Crippen LogP contribution in [0, 0.1) is 12.3 Å². The van der Waals surface area contributed by atoms with E-state index in [1.165, 1.54) is 0 Å². The van der Waals surface area contributed by atoms with E-state index in [1.807, 2.05) is 13.0 Å². The molecule has 1 saturated carbocycles. The SMILES string of the molecule is Cc1ccc(N)cc1C(=O)OC1CCC(C)(C)CC1. The van der Waals surface area contributed by atoms with Crippen LogP contribution in [0.15, 0.2) is 18.2 Å². The molecule has 19 heavy (non-hydrogen) atoms. The van der Waals surface area contributed by atoms with Crippen molar-refractivity contribution in [1.29, 1.82) is 0 Å². The summed E-state index contributed by atoms with van der Waals surface area (Å²) in [6, 6.07) is 5.36. The quantitative estimate of drug-likeness (QED) is 0.652. The van der Waals surface area contributed by atoms with Crippen molar-refractivity contribution < 1.29 is 9.53 Å². The van der Waals surface area contributed by atoms with Crippen molar-refractivity contribution in [3.05, 3.63) is 29.3 Å². The van der Waals surface area contributed by atoms with Crippen molar-refractivity contribution in [3.8, 4) is 0 Å². The number of benzene rings is 1. The molecule has 0 radical (unpaired) electrons. The highest BCUT2D eigenvalue weighted by atomic mass is 16.5. The Morgan fingerprint density at radius 3 is 2.58 bits per heavy atom. The monoisotopic (exact) mass is 261 g/mol. The summed E-state index contributed by atoms with van der Waals surface area (Å²) in [5.74, 6) is -0.241. The second kappa shape index (κ2) is 5.24. The normalized spacial score (nSPS) is 19.1. The van der Waals surface area contributed by atoms with Gasteiger partial charge in [0.05, 0.1) is 5.56 Å². The molecule has 1 fully saturated rings. The Balaban J connectivity index is 2.00. The van der Waals surface area contributed by atoms with Gasteiger partial charge in [-0.25, -0.2) is 4.79 Å². The van der Waals surface area contributed by atoms with E-state index >= 15 is 0 Å². The van der Waals surface area contributed by atoms with Crippen LogP contribution in [0.25, 0.3) is 0 Å². The first-order valence-corrected chi connectivity index (χ1v) is 6.94. The molecule has 104 valence electrons. The van der Waals surface area contributed by atoms with Gasteiger partial charge in [0.25, 0.3) is 0 Å². The maximum atomic E-state index is 12.2. The van der Waals surface area contributed by atoms with Gasteiger partial charge >= 0.3 is 5.97 Å². The highest BCUT2D eigenvalue weighted by Gasteiger charge is 2.29. The largest absolute Gasteiger partial charge is 0.459 e. The smallest absolute Gasteiger partial charge is 0.338 e. The van der Waals surface area contributed by atoms with Crippen LogP contribution in [-0.2, 0) is 4.74 Å². The number of anilines is 1. The maximum absolute atomic E-state index is 12.2. The van der Waals surface area contributed by atoms with Gasteiger partial charge in [0.1, 0.15) is 6.10 Å². The summed E-state index contributed by atoms with van der Waals surface area (Å²) in [7, 11) is 0. The van der Waals surface area contributed by atoms with Crippen molar-refractivity contribution in [2.75, 3.05) is 5.73 Å². The Morgan fingerprint density at radius 2 is 1.95 bits per heavy atom. The van der Waals surface area contributed by atoms with E-state index in [4.69, 9.17) is 10.5 Å². The highest BCUT2D eigenvalue weighted by Crippen LogP contribution is 2.36. The molecule has 0 bridgehead atoms. The van der Waals surface area contributed by atoms with Crippen LogP contribution in [0.4, 0.5) is 5.69 Å². The molecule has 1 aromatic carbocycles. The van der Waals surface area contributed by atoms with Crippen LogP contribution in [0.3, 0.4) is 0 Å². The van der Waals surface area contributed by atoms with Gasteiger partial charge in [-0.15, -0.1) is 0 Å². The average Bonchev–Trinajstić information content (AvgIpc) is 2.35. The molecule has 0 heterocycles. The summed E-state index contributed by atoms with van der Waals surface area (Å²) in [5.41, 5.74) is 8.21. The van der Waals surface area contributed by atoms with Crippen molar-refractivity contribution in [2.24, 2.45) is 5.41 Å². The third-order valence-electron chi connectivity index (χ3n) is 4.04. The zero-order valence-corrected chi connectivity index (χ0v) is 12.0. The molecular weight excluding hydrogens is 238 g/mol. The van der Waals surface area contributed by atoms with Crippen LogP contribution in [0.1, 0.15) is 55.5 Å². The molecule has 0 unspecified atom stereocenters. The van der Waals surface area contributed by atoms with Gasteiger partial charge in [0.2, 0.25) is 0 Å². The minimum absolute atomic E-state index is 0.0568. The maximum Gasteiger partial charge on any atom is 0.338 e. The number of hydrogen-bond acceptors (Lipinski definition) is 3. The molecule has 3 heteroatoms. The molecular formula is C16H23NO2. The zero-order valence-electron chi connectivity index (χ0n) is 12.0. The Kier molecular flexibility index (Phi) is 3.83. The lowest BCUT2D eigenvalue weighted by atomic mass is 9.76. The lowest BCUT2D eigenvalue weighted by Crippen LogP contribution is -2.28. The Labute approximate surface area is 115 Å². The first kappa shape index (κ1) is 13.9. The zero-order chi connectivity index (χ0) is 14.0. The third kappa shape index (κ3) is 3.49. The summed E-state index contributed by atoms with van der Waals surface area (Å²) in [6.45, 7) is 6.44. The van der Waals surface area contributed by atoms with Crippen LogP contribution >= 0.6 is 0 Å². The number of esters is 1. The second-order valence-corrected chi connectivity index (χ2v) is 6.34. The Bertz CT molecular complexity index is 470. The predicted molar refractivity (Wildman–Crippen MR) is 77.0 cm³/mol. The third-order valence-corrected chi connectivity index (χ3v) is 4.04. The lowest BCUT2D eigenvalue weighted by Gasteiger charge is -2.33. The molecule has 0 aromatic heterocycles. The van der Waals surface area contributed by atoms with Crippen molar-refractivity contribution in [3.63, 3.8) is 0 Å². The first-order chi connectivity index (χ1) is 8.87. The minimum atomic E-state index is -0.241. The van der Waals surface area contributed by atoms with Crippen molar-refractivity contribution >= 4 is 11.7 Å². The molecule has 0 aliphatic heterocycles. The molecule has 0 atom stereocenters. The van der Waals surface area contributed by atoms with Crippen LogP contribution in [0.2, 0.25) is 0 Å². The van der Waals surface area contributed by atoms with Crippen LogP contribution < -0.4 is 5.73 Å². The van der Waals surface area contributed by atoms with Crippen molar-refractivity contribution in [2.45, 2.75) is 52.6 Å². The molecule has 0 spiro atoms. The summed E-state index contributed by atoms with van der Waals surface area (Å²) in [5, 5.41) is 0. The van der Waals surface area contributed by atoms with Crippen LogP contribution in [0.5, 0.6) is 0 Å². The fourth-order valence-corrected chi connectivity index (χ4v) is 2.57. The van der Waals surface area contributed by atoms with E-state index in [2.05, 4.69) is 13.8 Å². The molecule has 2 rings (SSSR count). The molecule has 0 amide bonds. The van der Waals surface area contributed by atoms with Gasteiger partial charge in [0, 0.05) is 5.69 Å². The summed E-state index contributed by atoms with van der Waals surface area (Å²) in [6.07, 6.45) is 4.20. The number of aryl methyl sites for hydroxylation is 1. The van der Waals surface area contributed by atoms with Crippen LogP contribution in [-0.4, -0.2) is 12.1 Å². The lowest BCUT2D eigenvalue weighted by molar-refractivity contribution is 0.00944. The number of ether oxygens (including phenoxy) is 1. The van der Waals surface area contributed by atoms with E-state index < -0.39 is 0 Å². The fraction of sp³-hybridized carbons (Fsp3) is 0.562. The van der Waals surface area contributed by atoms with E-state index in [0.29, 0.717) is 16.7 Å². The van der Waals surface area contributed by atoms with E-state index in [1.54, 1.807) is 12.1 Å². The summed E-state index contributed by atoms with van der Waals surface area (Å²) >= 11 is 0. The van der Waals surface area contributed by atoms with E-state index in [9.17, 15) is 4.79 Å². The molecule has 1 aromatic rings. The number of hydrogen-bond donors (Lipinski definition) is 1. The van der Waals surface area contributed by atoms with Gasteiger partial charge in [-0.1, -0.05) is 19.9 Å². The fourth-order valence-electron chi connectivity index (χ4n) is 2.57. The van der Waals surface area contributed by atoms with Gasteiger partial charge in [-0.05, 0) is 55.7 Å². The number of nitrogens with two attached hydrogens (primary N) is 1. The predicted octanol–water partition coefficient (Wildman–Crippen LogP) is 3.70. The van der Waals surface area contributed by atoms with Gasteiger partial charge < -0.3 is 10.5 Å². The number of carbonyl (C=O) groups is 1. The number of rotatable bonds is 2. The van der Waals surface area contributed by atoms with Gasteiger partial charge in [-0.2, -0.15) is 0 Å². The molecule has 0 saturated heterocycles. The molecule has 3 nitrogen and oxygen atoms in total. The van der Waals surface area contributed by atoms with E-state index in [0.717, 1.165) is 31.2 Å². The number of carbonyl (C=O) groups excluding carboxylic acids is 1. The number of nitrogen functional groups attached to an aromatic ring is 1. The standard InChI is InChI=1S/C16H23NO2/c1-11-4-5-12(17)10-14(11)15(18)19-13-6-8-16(2,3)9-7-13/h4-5,10,13H,6-9,17H2,1-3H3. The highest BCUT2D eigenvalue weighted by molar-refractivity contribution is 5.92. The molecule has 1 aliphatic rings. The molecule has 1 aliphatic carbocycles. The Morgan fingerprint density at radius 1 is 1.32 bits per heavy atom. The van der Waals surface area contributed by atoms with E-state index in [-0.39, 0.29) is 12.1 Å². The molecule has 2 N–H and O–H groups in total. The van der Waals surface area contributed by atoms with Gasteiger partial charge in [0.15, 0.2) is 0 Å². The minimum Gasteiger partial charge on any atom is -0.459 e. The first-order valence-electron chi connectivity index (χ1n) is 6.94. The Hall–Kier alpha value is -1.51. The van der Waals surface area contributed by atoms with Crippen molar-refractivity contribution in [1.82, 2.24) is 0 Å². The topological polar surface area (TPSA) is 52.3 Å². The second-order valence-electron chi connectivity index (χ2n) is 6.34. The summed E-state index contributed by atoms with van der Waals surface area (Å²) in [4.78, 5) is 12.2. The summed E-state index contributed by atoms with van der Waals surface area (Å²) < 4.78 is 5.61.